The molecule has 0 radical (unpaired) electrons. The lowest BCUT2D eigenvalue weighted by molar-refractivity contribution is -0.173. The second-order valence-corrected chi connectivity index (χ2v) is 8.03. The molecule has 31 heavy (non-hydrogen) atoms. The zero-order chi connectivity index (χ0) is 22.3. The summed E-state index contributed by atoms with van der Waals surface area (Å²) in [6.07, 6.45) is -3.58. The topological polar surface area (TPSA) is 59.0 Å². The van der Waals surface area contributed by atoms with Gasteiger partial charge in [0, 0.05) is 17.1 Å². The molecule has 2 heterocycles. The van der Waals surface area contributed by atoms with Crippen molar-refractivity contribution in [3.8, 4) is 0 Å². The van der Waals surface area contributed by atoms with E-state index in [4.69, 9.17) is 11.6 Å². The maximum Gasteiger partial charge on any atom is 0.410 e. The Kier molecular flexibility index (Phi) is 5.43. The first-order valence-electron chi connectivity index (χ1n) is 9.69. The third-order valence-corrected chi connectivity index (χ3v) is 5.89. The molecule has 1 aliphatic heterocycles. The Balaban J connectivity index is 1.70. The number of aryl methyl sites for hydroxylation is 1. The van der Waals surface area contributed by atoms with Crippen molar-refractivity contribution in [2.45, 2.75) is 38.5 Å². The molecule has 5 nitrogen and oxygen atoms in total. The van der Waals surface area contributed by atoms with Crippen LogP contribution >= 0.6 is 11.6 Å². The van der Waals surface area contributed by atoms with Gasteiger partial charge in [0.25, 0.3) is 5.91 Å². The van der Waals surface area contributed by atoms with E-state index in [9.17, 15) is 18.0 Å². The largest absolute Gasteiger partial charge is 0.410 e. The summed E-state index contributed by atoms with van der Waals surface area (Å²) in [4.78, 5) is 12.9. The van der Waals surface area contributed by atoms with Crippen LogP contribution in [-0.4, -0.2) is 21.9 Å². The summed E-state index contributed by atoms with van der Waals surface area (Å²) in [7, 11) is 0. The number of benzene rings is 2. The van der Waals surface area contributed by atoms with E-state index >= 15 is 0 Å². The number of fused-ring (bicyclic) bond motifs is 1. The Morgan fingerprint density at radius 2 is 1.90 bits per heavy atom. The van der Waals surface area contributed by atoms with Crippen molar-refractivity contribution < 1.29 is 18.0 Å². The van der Waals surface area contributed by atoms with Crippen LogP contribution in [0.25, 0.3) is 0 Å². The van der Waals surface area contributed by atoms with E-state index in [-0.39, 0.29) is 17.8 Å². The molecule has 0 saturated carbocycles. The number of carbonyl (C=O) groups excluding carboxylic acids is 1. The van der Waals surface area contributed by atoms with Gasteiger partial charge < -0.3 is 10.6 Å². The quantitative estimate of drug-likeness (QED) is 0.511. The Morgan fingerprint density at radius 1 is 1.19 bits per heavy atom. The number of carbonyl (C=O) groups is 1. The predicted molar refractivity (Wildman–Crippen MR) is 114 cm³/mol. The monoisotopic (exact) mass is 448 g/mol. The van der Waals surface area contributed by atoms with Crippen LogP contribution < -0.4 is 10.6 Å². The highest BCUT2D eigenvalue weighted by Crippen LogP contribution is 2.44. The van der Waals surface area contributed by atoms with Gasteiger partial charge in [-0.3, -0.25) is 4.79 Å². The van der Waals surface area contributed by atoms with E-state index in [2.05, 4.69) is 15.7 Å². The maximum atomic E-state index is 13.8. The van der Waals surface area contributed by atoms with Gasteiger partial charge in [0.05, 0.1) is 12.2 Å². The van der Waals surface area contributed by atoms with Crippen LogP contribution in [0.5, 0.6) is 0 Å². The van der Waals surface area contributed by atoms with Crippen molar-refractivity contribution in [1.82, 2.24) is 9.78 Å². The van der Waals surface area contributed by atoms with Gasteiger partial charge in [-0.15, -0.1) is 0 Å². The molecule has 1 aliphatic rings. The van der Waals surface area contributed by atoms with E-state index in [1.807, 2.05) is 19.1 Å². The van der Waals surface area contributed by atoms with Crippen molar-refractivity contribution in [1.29, 1.82) is 0 Å². The number of amides is 1. The van der Waals surface area contributed by atoms with Crippen LogP contribution in [0.1, 0.15) is 45.6 Å². The third-order valence-electron chi connectivity index (χ3n) is 5.48. The van der Waals surface area contributed by atoms with Gasteiger partial charge in [0.2, 0.25) is 0 Å². The van der Waals surface area contributed by atoms with Gasteiger partial charge in [-0.1, -0.05) is 47.5 Å². The van der Waals surface area contributed by atoms with Gasteiger partial charge in [-0.25, -0.2) is 4.68 Å². The Bertz CT molecular complexity index is 1120. The second-order valence-electron chi connectivity index (χ2n) is 7.62. The number of alkyl halides is 3. The summed E-state index contributed by atoms with van der Waals surface area (Å²) in [6, 6.07) is 9.88. The highest BCUT2D eigenvalue weighted by molar-refractivity contribution is 6.31. The summed E-state index contributed by atoms with van der Waals surface area (Å²) in [6.45, 7) is 3.66. The smallest absolute Gasteiger partial charge is 0.363 e. The molecule has 2 aromatic carbocycles. The zero-order valence-corrected chi connectivity index (χ0v) is 17.6. The second kappa shape index (κ2) is 7.92. The first kappa shape index (κ1) is 21.2. The third kappa shape index (κ3) is 4.12. The number of hydrogen-bond acceptors (Lipinski definition) is 3. The molecule has 2 N–H and O–H groups in total. The van der Waals surface area contributed by atoms with Crippen molar-refractivity contribution in [2.75, 3.05) is 10.6 Å². The predicted octanol–water partition coefficient (Wildman–Crippen LogP) is 6.07. The molecule has 4 rings (SSSR count). The summed E-state index contributed by atoms with van der Waals surface area (Å²) in [5.74, 6) is -0.527. The lowest BCUT2D eigenvalue weighted by Gasteiger charge is -2.34. The fourth-order valence-corrected chi connectivity index (χ4v) is 3.85. The molecule has 0 unspecified atom stereocenters. The van der Waals surface area contributed by atoms with Crippen molar-refractivity contribution in [3.05, 3.63) is 75.9 Å². The van der Waals surface area contributed by atoms with Crippen LogP contribution in [0.4, 0.5) is 24.7 Å². The highest BCUT2D eigenvalue weighted by Gasteiger charge is 2.47. The van der Waals surface area contributed by atoms with Crippen LogP contribution in [0, 0.1) is 13.8 Å². The summed E-state index contributed by atoms with van der Waals surface area (Å²) in [5, 5.41) is 10.2. The summed E-state index contributed by atoms with van der Waals surface area (Å²) in [5.41, 5.74) is 2.90. The molecule has 0 fully saturated rings. The van der Waals surface area contributed by atoms with E-state index in [1.165, 1.54) is 0 Å². The van der Waals surface area contributed by atoms with Crippen molar-refractivity contribution in [2.24, 2.45) is 0 Å². The number of hydrogen-bond donors (Lipinski definition) is 2. The van der Waals surface area contributed by atoms with E-state index in [0.717, 1.165) is 16.4 Å². The van der Waals surface area contributed by atoms with Crippen LogP contribution in [0.3, 0.4) is 0 Å². The number of nitrogens with one attached hydrogen (secondary N) is 2. The minimum Gasteiger partial charge on any atom is -0.363 e. The van der Waals surface area contributed by atoms with E-state index in [0.29, 0.717) is 21.8 Å². The van der Waals surface area contributed by atoms with Gasteiger partial charge >= 0.3 is 6.18 Å². The van der Waals surface area contributed by atoms with Gasteiger partial charge in [0.1, 0.15) is 11.4 Å². The molecule has 0 spiro atoms. The Hall–Kier alpha value is -3.00. The molecule has 2 atom stereocenters. The lowest BCUT2D eigenvalue weighted by atomic mass is 9.96. The number of rotatable bonds is 3. The van der Waals surface area contributed by atoms with Crippen LogP contribution in [-0.2, 0) is 0 Å². The molecule has 162 valence electrons. The SMILES string of the molecule is Cc1ccc([C@H]2C[C@H](C(F)(F)F)n3ncc(C(=O)Nc4cccc(Cl)c4C)c3N2)cc1. The lowest BCUT2D eigenvalue weighted by Crippen LogP contribution is -2.36. The van der Waals surface area contributed by atoms with E-state index in [1.54, 1.807) is 37.3 Å². The number of halogens is 4. The van der Waals surface area contributed by atoms with E-state index < -0.39 is 24.2 Å². The molecule has 3 aromatic rings. The Morgan fingerprint density at radius 3 is 2.58 bits per heavy atom. The average molecular weight is 449 g/mol. The maximum absolute atomic E-state index is 13.8. The molecular formula is C22H20ClF3N4O. The minimum atomic E-state index is -4.51. The molecule has 0 bridgehead atoms. The summed E-state index contributed by atoms with van der Waals surface area (Å²) >= 11 is 6.10. The average Bonchev–Trinajstić information content (AvgIpc) is 3.14. The highest BCUT2D eigenvalue weighted by atomic mass is 35.5. The van der Waals surface area contributed by atoms with Gasteiger partial charge in [-0.05, 0) is 37.1 Å². The molecule has 9 heteroatoms. The zero-order valence-electron chi connectivity index (χ0n) is 16.8. The number of anilines is 2. The molecule has 0 aliphatic carbocycles. The van der Waals surface area contributed by atoms with Gasteiger partial charge in [0.15, 0.2) is 6.04 Å². The minimum absolute atomic E-state index is 0.0328. The number of nitrogens with zero attached hydrogens (tertiary/aromatic N) is 2. The molecule has 1 amide bonds. The van der Waals surface area contributed by atoms with Crippen molar-refractivity contribution >= 4 is 29.0 Å². The normalized spacial score (nSPS) is 18.3. The molecule has 1 aromatic heterocycles. The number of aromatic nitrogens is 2. The standard InChI is InChI=1S/C22H20ClF3N4O/c1-12-6-8-14(9-7-12)18-10-19(22(24,25)26)30-20(28-18)15(11-27-30)21(31)29-17-5-3-4-16(23)13(17)2/h3-9,11,18-19,28H,10H2,1-2H3,(H,29,31)/t18-,19-/m1/s1. The van der Waals surface area contributed by atoms with Crippen molar-refractivity contribution in [3.63, 3.8) is 0 Å². The first-order valence-corrected chi connectivity index (χ1v) is 10.1. The van der Waals surface area contributed by atoms with Crippen LogP contribution in [0.2, 0.25) is 5.02 Å². The molecule has 0 saturated heterocycles. The first-order chi connectivity index (χ1) is 14.6. The Labute approximate surface area is 182 Å². The fraction of sp³-hybridized carbons (Fsp3) is 0.273. The van der Waals surface area contributed by atoms with Gasteiger partial charge in [-0.2, -0.15) is 18.3 Å². The molecular weight excluding hydrogens is 429 g/mol. The van der Waals surface area contributed by atoms with Crippen LogP contribution in [0.15, 0.2) is 48.7 Å². The summed E-state index contributed by atoms with van der Waals surface area (Å²) < 4.78 is 42.3. The fourth-order valence-electron chi connectivity index (χ4n) is 3.68.